The Morgan fingerprint density at radius 3 is 2.81 bits per heavy atom. The van der Waals surface area contributed by atoms with E-state index in [0.29, 0.717) is 11.6 Å². The number of piperidine rings is 1. The Kier molecular flexibility index (Phi) is 4.55. The smallest absolute Gasteiger partial charge is 0.133 e. The minimum Gasteiger partial charge on any atom is -0.389 e. The van der Waals surface area contributed by atoms with Crippen LogP contribution in [-0.4, -0.2) is 22.5 Å². The highest BCUT2D eigenvalue weighted by molar-refractivity contribution is 7.80. The van der Waals surface area contributed by atoms with Crippen LogP contribution < -0.4 is 5.73 Å². The Morgan fingerprint density at radius 2 is 2.00 bits per heavy atom. The van der Waals surface area contributed by atoms with Gasteiger partial charge in [0.2, 0.25) is 0 Å². The summed E-state index contributed by atoms with van der Waals surface area (Å²) in [7, 11) is 0. The number of thiocarbonyl (C=S) groups is 1. The van der Waals surface area contributed by atoms with Gasteiger partial charge >= 0.3 is 0 Å². The molecule has 0 aromatic heterocycles. The van der Waals surface area contributed by atoms with Crippen molar-refractivity contribution in [3.8, 4) is 0 Å². The number of likely N-dealkylation sites (tertiary alicyclic amines) is 1. The molecule has 0 spiro atoms. The molecule has 4 heteroatoms. The number of nitrogens with zero attached hydrogens (tertiary/aromatic N) is 1. The quantitative estimate of drug-likeness (QED) is 0.865. The molecule has 0 amide bonds. The Bertz CT molecular complexity index is 530. The topological polar surface area (TPSA) is 29.3 Å². The van der Waals surface area contributed by atoms with Gasteiger partial charge in [0.05, 0.1) is 0 Å². The number of nitrogens with two attached hydrogens (primary N) is 1. The van der Waals surface area contributed by atoms with Crippen molar-refractivity contribution >= 4 is 17.2 Å². The summed E-state index contributed by atoms with van der Waals surface area (Å²) < 4.78 is 13.7. The van der Waals surface area contributed by atoms with Gasteiger partial charge in [0.25, 0.3) is 0 Å². The second kappa shape index (κ2) is 6.41. The third-order valence-corrected chi connectivity index (χ3v) is 5.26. The fourth-order valence-corrected chi connectivity index (χ4v) is 4.17. The lowest BCUT2D eigenvalue weighted by Gasteiger charge is -2.44. The maximum absolute atomic E-state index is 13.7. The first kappa shape index (κ1) is 14.9. The van der Waals surface area contributed by atoms with Gasteiger partial charge < -0.3 is 5.73 Å². The number of rotatable bonds is 3. The molecular weight excluding hydrogens is 283 g/mol. The van der Waals surface area contributed by atoms with Crippen molar-refractivity contribution in [3.05, 3.63) is 35.1 Å². The minimum absolute atomic E-state index is 0.142. The first-order chi connectivity index (χ1) is 10.1. The summed E-state index contributed by atoms with van der Waals surface area (Å²) >= 11 is 4.93. The van der Waals surface area contributed by atoms with Crippen molar-refractivity contribution in [1.29, 1.82) is 0 Å². The molecule has 2 N–H and O–H groups in total. The van der Waals surface area contributed by atoms with Crippen LogP contribution in [-0.2, 0) is 6.54 Å². The molecule has 1 aromatic carbocycles. The lowest BCUT2D eigenvalue weighted by atomic mass is 9.78. The zero-order chi connectivity index (χ0) is 14.8. The molecule has 2 fully saturated rings. The Morgan fingerprint density at radius 1 is 1.24 bits per heavy atom. The van der Waals surface area contributed by atoms with Gasteiger partial charge in [-0.15, -0.1) is 0 Å². The van der Waals surface area contributed by atoms with Crippen LogP contribution in [0.4, 0.5) is 4.39 Å². The third-order valence-electron chi connectivity index (χ3n) is 5.04. The molecule has 2 aliphatic rings. The van der Waals surface area contributed by atoms with Crippen molar-refractivity contribution < 1.29 is 4.39 Å². The number of benzene rings is 1. The summed E-state index contributed by atoms with van der Waals surface area (Å²) in [6, 6.07) is 5.89. The Labute approximate surface area is 131 Å². The molecular formula is C17H23FN2S. The second-order valence-electron chi connectivity index (χ2n) is 6.40. The third kappa shape index (κ3) is 3.27. The van der Waals surface area contributed by atoms with Crippen LogP contribution in [0.15, 0.2) is 18.2 Å². The van der Waals surface area contributed by atoms with E-state index in [2.05, 4.69) is 4.90 Å². The summed E-state index contributed by atoms with van der Waals surface area (Å²) in [5, 5.41) is 0. The maximum Gasteiger partial charge on any atom is 0.133 e. The van der Waals surface area contributed by atoms with Gasteiger partial charge in [0.15, 0.2) is 0 Å². The van der Waals surface area contributed by atoms with Crippen LogP contribution in [0, 0.1) is 11.7 Å². The van der Waals surface area contributed by atoms with Crippen LogP contribution in [0.25, 0.3) is 0 Å². The summed E-state index contributed by atoms with van der Waals surface area (Å²) in [5.74, 6) is 0.545. The SMILES string of the molecule is NC(=S)c1cc(CN2CCCC3CCCCC32)ccc1F. The molecule has 1 saturated heterocycles. The average Bonchev–Trinajstić information content (AvgIpc) is 2.49. The lowest BCUT2D eigenvalue weighted by Crippen LogP contribution is -2.46. The van der Waals surface area contributed by atoms with E-state index in [4.69, 9.17) is 18.0 Å². The van der Waals surface area contributed by atoms with E-state index in [1.807, 2.05) is 12.1 Å². The standard InChI is InChI=1S/C17H23FN2S/c18-15-8-7-12(10-14(15)17(19)21)11-20-9-3-5-13-4-1-2-6-16(13)20/h7-8,10,13,16H,1-6,9,11H2,(H2,19,21). The molecule has 2 unspecified atom stereocenters. The first-order valence-electron chi connectivity index (χ1n) is 7.97. The van der Waals surface area contributed by atoms with E-state index in [1.165, 1.54) is 44.6 Å². The van der Waals surface area contributed by atoms with Crippen molar-refractivity contribution in [2.45, 2.75) is 51.1 Å². The summed E-state index contributed by atoms with van der Waals surface area (Å²) in [5.41, 5.74) is 7.09. The highest BCUT2D eigenvalue weighted by Crippen LogP contribution is 2.36. The molecule has 2 nitrogen and oxygen atoms in total. The van der Waals surface area contributed by atoms with Crippen LogP contribution >= 0.6 is 12.2 Å². The zero-order valence-electron chi connectivity index (χ0n) is 12.4. The van der Waals surface area contributed by atoms with Gasteiger partial charge in [-0.25, -0.2) is 4.39 Å². The molecule has 1 aromatic rings. The minimum atomic E-state index is -0.319. The van der Waals surface area contributed by atoms with Gasteiger partial charge in [-0.05, 0) is 55.8 Å². The molecule has 3 rings (SSSR count). The first-order valence-corrected chi connectivity index (χ1v) is 8.38. The summed E-state index contributed by atoms with van der Waals surface area (Å²) in [6.07, 6.45) is 8.08. The van der Waals surface area contributed by atoms with E-state index >= 15 is 0 Å². The normalized spacial score (nSPS) is 26.3. The summed E-state index contributed by atoms with van der Waals surface area (Å²) in [4.78, 5) is 2.73. The van der Waals surface area contributed by atoms with E-state index in [0.717, 1.165) is 24.6 Å². The van der Waals surface area contributed by atoms with Gasteiger partial charge in [0.1, 0.15) is 10.8 Å². The highest BCUT2D eigenvalue weighted by Gasteiger charge is 2.32. The van der Waals surface area contributed by atoms with E-state index < -0.39 is 0 Å². The highest BCUT2D eigenvalue weighted by atomic mass is 32.1. The molecule has 1 aliphatic heterocycles. The Balaban J connectivity index is 1.76. The molecule has 1 heterocycles. The molecule has 114 valence electrons. The Hall–Kier alpha value is -1.00. The van der Waals surface area contributed by atoms with E-state index in [9.17, 15) is 4.39 Å². The van der Waals surface area contributed by atoms with E-state index in [1.54, 1.807) is 0 Å². The van der Waals surface area contributed by atoms with Crippen molar-refractivity contribution in [1.82, 2.24) is 4.90 Å². The van der Waals surface area contributed by atoms with Crippen molar-refractivity contribution in [2.75, 3.05) is 6.54 Å². The van der Waals surface area contributed by atoms with Crippen LogP contribution in [0.3, 0.4) is 0 Å². The van der Waals surface area contributed by atoms with Crippen molar-refractivity contribution in [3.63, 3.8) is 0 Å². The molecule has 0 radical (unpaired) electrons. The molecule has 0 bridgehead atoms. The number of fused-ring (bicyclic) bond motifs is 1. The van der Waals surface area contributed by atoms with Gasteiger partial charge in [-0.2, -0.15) is 0 Å². The number of hydrogen-bond donors (Lipinski definition) is 1. The second-order valence-corrected chi connectivity index (χ2v) is 6.84. The summed E-state index contributed by atoms with van der Waals surface area (Å²) in [6.45, 7) is 2.04. The monoisotopic (exact) mass is 306 g/mol. The van der Waals surface area contributed by atoms with Crippen molar-refractivity contribution in [2.24, 2.45) is 11.7 Å². The number of hydrogen-bond acceptors (Lipinski definition) is 2. The fourth-order valence-electron chi connectivity index (χ4n) is 4.02. The van der Waals surface area contributed by atoms with Crippen LogP contribution in [0.2, 0.25) is 0 Å². The predicted molar refractivity (Wildman–Crippen MR) is 87.7 cm³/mol. The van der Waals surface area contributed by atoms with Crippen LogP contribution in [0.1, 0.15) is 49.7 Å². The molecule has 2 atom stereocenters. The predicted octanol–water partition coefficient (Wildman–Crippen LogP) is 3.61. The molecule has 1 aliphatic carbocycles. The average molecular weight is 306 g/mol. The van der Waals surface area contributed by atoms with Gasteiger partial charge in [-0.1, -0.05) is 31.1 Å². The maximum atomic E-state index is 13.7. The van der Waals surface area contributed by atoms with E-state index in [-0.39, 0.29) is 10.8 Å². The lowest BCUT2D eigenvalue weighted by molar-refractivity contribution is 0.0547. The number of halogens is 1. The fraction of sp³-hybridized carbons (Fsp3) is 0.588. The molecule has 21 heavy (non-hydrogen) atoms. The van der Waals surface area contributed by atoms with Crippen LogP contribution in [0.5, 0.6) is 0 Å². The van der Waals surface area contributed by atoms with Gasteiger partial charge in [0, 0.05) is 18.2 Å². The van der Waals surface area contributed by atoms with Gasteiger partial charge in [-0.3, -0.25) is 4.90 Å². The zero-order valence-corrected chi connectivity index (χ0v) is 13.2. The molecule has 1 saturated carbocycles. The largest absolute Gasteiger partial charge is 0.389 e.